The van der Waals surface area contributed by atoms with E-state index in [2.05, 4.69) is 48.2 Å². The van der Waals surface area contributed by atoms with Gasteiger partial charge in [-0.3, -0.25) is 4.90 Å². The summed E-state index contributed by atoms with van der Waals surface area (Å²) in [5.41, 5.74) is 7.77. The fourth-order valence-electron chi connectivity index (χ4n) is 2.95. The molecule has 186 valence electrons. The lowest BCUT2D eigenvalue weighted by Gasteiger charge is -2.33. The Morgan fingerprint density at radius 3 is 2.33 bits per heavy atom. The summed E-state index contributed by atoms with van der Waals surface area (Å²) in [6.45, 7) is 12.7. The molecular weight excluding hydrogens is 420 g/mol. The van der Waals surface area contributed by atoms with Crippen molar-refractivity contribution in [3.05, 3.63) is 42.1 Å². The number of likely N-dealkylation sites (N-methyl/N-ethyl adjacent to an activating group) is 3. The standard InChI is InChI=1S/C24H42N6O3/c1-18(21(26-5)9-8-14-27-22(25)31)28-20-12-10-19(11-13-20)17-33-23(32)29(6)15-16-30(7)24(2,3)4/h10-13,21,26,28H,1,8-9,14-17H2,2-7H3,(H3,25,27,31). The van der Waals surface area contributed by atoms with Crippen LogP contribution in [0.15, 0.2) is 36.5 Å². The van der Waals surface area contributed by atoms with Crippen LogP contribution in [0.3, 0.4) is 0 Å². The summed E-state index contributed by atoms with van der Waals surface area (Å²) in [6, 6.07) is 7.23. The number of anilines is 1. The second-order valence-electron chi connectivity index (χ2n) is 9.19. The van der Waals surface area contributed by atoms with Gasteiger partial charge in [-0.25, -0.2) is 9.59 Å². The zero-order chi connectivity index (χ0) is 25.0. The molecule has 0 aliphatic heterocycles. The molecule has 1 rings (SSSR count). The Morgan fingerprint density at radius 2 is 1.79 bits per heavy atom. The number of rotatable bonds is 13. The van der Waals surface area contributed by atoms with E-state index in [1.54, 1.807) is 11.9 Å². The summed E-state index contributed by atoms with van der Waals surface area (Å²) >= 11 is 0. The van der Waals surface area contributed by atoms with Gasteiger partial charge in [-0.2, -0.15) is 0 Å². The number of ether oxygens (including phenoxy) is 1. The van der Waals surface area contributed by atoms with E-state index in [1.165, 1.54) is 0 Å². The maximum Gasteiger partial charge on any atom is 0.409 e. The van der Waals surface area contributed by atoms with Gasteiger partial charge in [-0.15, -0.1) is 0 Å². The van der Waals surface area contributed by atoms with E-state index in [0.717, 1.165) is 36.3 Å². The Hall–Kier alpha value is -2.78. The van der Waals surface area contributed by atoms with E-state index in [-0.39, 0.29) is 24.3 Å². The van der Waals surface area contributed by atoms with Crippen molar-refractivity contribution < 1.29 is 14.3 Å². The molecular formula is C24H42N6O3. The Bertz CT molecular complexity index is 760. The molecule has 0 aliphatic carbocycles. The summed E-state index contributed by atoms with van der Waals surface area (Å²) in [5, 5.41) is 9.11. The van der Waals surface area contributed by atoms with Crippen LogP contribution in [0.2, 0.25) is 0 Å². The number of carbonyl (C=O) groups is 2. The molecule has 0 heterocycles. The Balaban J connectivity index is 2.45. The van der Waals surface area contributed by atoms with E-state index in [9.17, 15) is 9.59 Å². The molecule has 0 fully saturated rings. The molecule has 3 amide bonds. The van der Waals surface area contributed by atoms with Gasteiger partial charge in [0.25, 0.3) is 0 Å². The molecule has 0 spiro atoms. The van der Waals surface area contributed by atoms with Gasteiger partial charge in [0.2, 0.25) is 0 Å². The molecule has 0 saturated carbocycles. The van der Waals surface area contributed by atoms with Crippen LogP contribution in [0, 0.1) is 0 Å². The molecule has 0 aromatic heterocycles. The average molecular weight is 463 g/mol. The second-order valence-corrected chi connectivity index (χ2v) is 9.19. The third-order valence-corrected chi connectivity index (χ3v) is 5.59. The number of amides is 3. The number of benzene rings is 1. The van der Waals surface area contributed by atoms with Crippen molar-refractivity contribution in [3.8, 4) is 0 Å². The number of carbonyl (C=O) groups excluding carboxylic acids is 2. The van der Waals surface area contributed by atoms with Crippen LogP contribution < -0.4 is 21.7 Å². The first-order chi connectivity index (χ1) is 15.4. The van der Waals surface area contributed by atoms with Crippen molar-refractivity contribution in [2.75, 3.05) is 46.1 Å². The lowest BCUT2D eigenvalue weighted by Crippen LogP contribution is -2.43. The monoisotopic (exact) mass is 462 g/mol. The quantitative estimate of drug-likeness (QED) is 0.335. The van der Waals surface area contributed by atoms with E-state index in [0.29, 0.717) is 13.1 Å². The smallest absolute Gasteiger partial charge is 0.409 e. The molecule has 1 atom stereocenters. The van der Waals surface area contributed by atoms with Crippen LogP contribution in [-0.4, -0.2) is 74.3 Å². The Kier molecular flexibility index (Phi) is 11.7. The van der Waals surface area contributed by atoms with E-state index >= 15 is 0 Å². The number of hydrogen-bond donors (Lipinski definition) is 4. The van der Waals surface area contributed by atoms with Crippen molar-refractivity contribution in [2.45, 2.75) is 51.8 Å². The van der Waals surface area contributed by atoms with Crippen molar-refractivity contribution in [1.82, 2.24) is 20.4 Å². The summed E-state index contributed by atoms with van der Waals surface area (Å²) in [7, 11) is 5.66. The molecule has 1 unspecified atom stereocenters. The van der Waals surface area contributed by atoms with E-state index in [1.807, 2.05) is 38.4 Å². The molecule has 0 saturated heterocycles. The number of nitrogens with two attached hydrogens (primary N) is 1. The summed E-state index contributed by atoms with van der Waals surface area (Å²) < 4.78 is 5.44. The summed E-state index contributed by atoms with van der Waals surface area (Å²) in [5.74, 6) is 0. The first-order valence-corrected chi connectivity index (χ1v) is 11.3. The number of nitrogens with one attached hydrogen (secondary N) is 3. The van der Waals surface area contributed by atoms with Gasteiger partial charge in [-0.1, -0.05) is 18.7 Å². The molecule has 9 heteroatoms. The summed E-state index contributed by atoms with van der Waals surface area (Å²) in [6.07, 6.45) is 1.24. The van der Waals surface area contributed by atoms with Gasteiger partial charge in [0, 0.05) is 49.6 Å². The predicted octanol–water partition coefficient (Wildman–Crippen LogP) is 2.95. The molecule has 0 aliphatic rings. The number of nitrogens with zero attached hydrogens (tertiary/aromatic N) is 2. The minimum absolute atomic E-state index is 0.0492. The highest BCUT2D eigenvalue weighted by Gasteiger charge is 2.18. The number of primary amides is 1. The first-order valence-electron chi connectivity index (χ1n) is 11.3. The van der Waals surface area contributed by atoms with Crippen LogP contribution in [0.25, 0.3) is 0 Å². The maximum atomic E-state index is 12.3. The molecule has 1 aromatic carbocycles. The Morgan fingerprint density at radius 1 is 1.15 bits per heavy atom. The largest absolute Gasteiger partial charge is 0.445 e. The SMILES string of the molecule is C=C(Nc1ccc(COC(=O)N(C)CCN(C)C(C)(C)C)cc1)C(CCCNC(N)=O)NC. The topological polar surface area (TPSA) is 112 Å². The fourth-order valence-corrected chi connectivity index (χ4v) is 2.95. The highest BCUT2D eigenvalue weighted by atomic mass is 16.6. The maximum absolute atomic E-state index is 12.3. The summed E-state index contributed by atoms with van der Waals surface area (Å²) in [4.78, 5) is 26.8. The highest BCUT2D eigenvalue weighted by molar-refractivity contribution is 5.71. The minimum atomic E-state index is -0.515. The zero-order valence-corrected chi connectivity index (χ0v) is 21.0. The van der Waals surface area contributed by atoms with Gasteiger partial charge in [-0.05, 0) is 65.4 Å². The molecule has 9 nitrogen and oxygen atoms in total. The number of hydrogen-bond acceptors (Lipinski definition) is 6. The highest BCUT2D eigenvalue weighted by Crippen LogP contribution is 2.16. The van der Waals surface area contributed by atoms with Crippen molar-refractivity contribution >= 4 is 17.8 Å². The van der Waals surface area contributed by atoms with Crippen LogP contribution in [0.1, 0.15) is 39.2 Å². The second kappa shape index (κ2) is 13.7. The van der Waals surface area contributed by atoms with Crippen molar-refractivity contribution in [2.24, 2.45) is 5.73 Å². The Labute approximate surface area is 198 Å². The number of urea groups is 1. The molecule has 1 aromatic rings. The normalized spacial score (nSPS) is 12.2. The van der Waals surface area contributed by atoms with Gasteiger partial charge >= 0.3 is 12.1 Å². The van der Waals surface area contributed by atoms with E-state index < -0.39 is 6.03 Å². The fraction of sp³-hybridized carbons (Fsp3) is 0.583. The first kappa shape index (κ1) is 28.3. The van der Waals surface area contributed by atoms with Gasteiger partial charge in [0.1, 0.15) is 6.61 Å². The van der Waals surface area contributed by atoms with Crippen LogP contribution in [0.5, 0.6) is 0 Å². The van der Waals surface area contributed by atoms with Crippen molar-refractivity contribution in [1.29, 1.82) is 0 Å². The van der Waals surface area contributed by atoms with Crippen LogP contribution >= 0.6 is 0 Å². The van der Waals surface area contributed by atoms with Crippen LogP contribution in [0.4, 0.5) is 15.3 Å². The molecule has 0 radical (unpaired) electrons. The van der Waals surface area contributed by atoms with Crippen molar-refractivity contribution in [3.63, 3.8) is 0 Å². The predicted molar refractivity (Wildman–Crippen MR) is 134 cm³/mol. The molecule has 5 N–H and O–H groups in total. The van der Waals surface area contributed by atoms with Gasteiger partial charge < -0.3 is 31.3 Å². The minimum Gasteiger partial charge on any atom is -0.445 e. The lowest BCUT2D eigenvalue weighted by atomic mass is 10.1. The average Bonchev–Trinajstić information content (AvgIpc) is 2.75. The third-order valence-electron chi connectivity index (χ3n) is 5.59. The third kappa shape index (κ3) is 11.1. The van der Waals surface area contributed by atoms with Gasteiger partial charge in [0.05, 0.1) is 0 Å². The molecule has 33 heavy (non-hydrogen) atoms. The van der Waals surface area contributed by atoms with E-state index in [4.69, 9.17) is 10.5 Å². The lowest BCUT2D eigenvalue weighted by molar-refractivity contribution is 0.0944. The molecule has 0 bridgehead atoms. The van der Waals surface area contributed by atoms with Gasteiger partial charge in [0.15, 0.2) is 0 Å². The van der Waals surface area contributed by atoms with Crippen LogP contribution in [-0.2, 0) is 11.3 Å². The zero-order valence-electron chi connectivity index (χ0n) is 21.0.